The van der Waals surface area contributed by atoms with Crippen LogP contribution in [0.25, 0.3) is 10.9 Å². The molecule has 0 bridgehead atoms. The number of likely N-dealkylation sites (N-methyl/N-ethyl adjacent to an activating group) is 1. The van der Waals surface area contributed by atoms with Crippen molar-refractivity contribution in [1.29, 1.82) is 0 Å². The average Bonchev–Trinajstić information content (AvgIpc) is 2.47. The molecule has 0 spiro atoms. The lowest BCUT2D eigenvalue weighted by Gasteiger charge is -2.36. The van der Waals surface area contributed by atoms with Gasteiger partial charge in [0, 0.05) is 18.2 Å². The van der Waals surface area contributed by atoms with Gasteiger partial charge >= 0.3 is 0 Å². The molecule has 2 atom stereocenters. The van der Waals surface area contributed by atoms with E-state index >= 15 is 0 Å². The van der Waals surface area contributed by atoms with Crippen LogP contribution in [0.1, 0.15) is 37.6 Å². The van der Waals surface area contributed by atoms with Crippen molar-refractivity contribution in [1.82, 2.24) is 10.3 Å². The number of aryl methyl sites for hydroxylation is 1. The standard InChI is InChI=1S/C17H24N2O/c1-6-17(3,20-5)16(18-4)14-9-10-15-13(11-14)8-7-12(2)19-15/h7-11,16,18H,6H2,1-5H3. The number of ether oxygens (including phenoxy) is 1. The van der Waals surface area contributed by atoms with Crippen LogP contribution in [-0.4, -0.2) is 24.7 Å². The Hall–Kier alpha value is -1.45. The van der Waals surface area contributed by atoms with E-state index in [9.17, 15) is 0 Å². The van der Waals surface area contributed by atoms with Crippen molar-refractivity contribution >= 4 is 10.9 Å². The largest absolute Gasteiger partial charge is 0.377 e. The Morgan fingerprint density at radius 2 is 2.05 bits per heavy atom. The van der Waals surface area contributed by atoms with Crippen LogP contribution in [0, 0.1) is 6.92 Å². The van der Waals surface area contributed by atoms with E-state index in [0.29, 0.717) is 0 Å². The van der Waals surface area contributed by atoms with Crippen LogP contribution in [-0.2, 0) is 4.74 Å². The lowest BCUT2D eigenvalue weighted by atomic mass is 9.87. The fourth-order valence-electron chi connectivity index (χ4n) is 2.72. The molecule has 3 nitrogen and oxygen atoms in total. The zero-order valence-corrected chi connectivity index (χ0v) is 13.0. The Bertz CT molecular complexity index is 591. The number of rotatable bonds is 5. The number of nitrogens with zero attached hydrogens (tertiary/aromatic N) is 1. The second-order valence-electron chi connectivity index (χ2n) is 5.50. The zero-order chi connectivity index (χ0) is 14.8. The van der Waals surface area contributed by atoms with Crippen molar-refractivity contribution in [3.63, 3.8) is 0 Å². The average molecular weight is 272 g/mol. The van der Waals surface area contributed by atoms with Crippen LogP contribution in [0.15, 0.2) is 30.3 Å². The molecule has 1 aromatic heterocycles. The minimum absolute atomic E-state index is 0.156. The summed E-state index contributed by atoms with van der Waals surface area (Å²) in [5.41, 5.74) is 3.10. The monoisotopic (exact) mass is 272 g/mol. The van der Waals surface area contributed by atoms with Gasteiger partial charge in [0.25, 0.3) is 0 Å². The third kappa shape index (κ3) is 2.69. The smallest absolute Gasteiger partial charge is 0.0841 e. The Morgan fingerprint density at radius 3 is 2.65 bits per heavy atom. The minimum Gasteiger partial charge on any atom is -0.377 e. The van der Waals surface area contributed by atoms with Gasteiger partial charge in [0.2, 0.25) is 0 Å². The second kappa shape index (κ2) is 5.90. The number of pyridine rings is 1. The van der Waals surface area contributed by atoms with E-state index in [-0.39, 0.29) is 11.6 Å². The lowest BCUT2D eigenvalue weighted by molar-refractivity contribution is -0.0280. The van der Waals surface area contributed by atoms with Crippen LogP contribution in [0.4, 0.5) is 0 Å². The number of nitrogens with one attached hydrogen (secondary N) is 1. The first-order valence-corrected chi connectivity index (χ1v) is 7.13. The van der Waals surface area contributed by atoms with Gasteiger partial charge in [0.15, 0.2) is 0 Å². The summed E-state index contributed by atoms with van der Waals surface area (Å²) >= 11 is 0. The maximum absolute atomic E-state index is 5.75. The summed E-state index contributed by atoms with van der Waals surface area (Å²) in [5.74, 6) is 0. The molecule has 108 valence electrons. The summed E-state index contributed by atoms with van der Waals surface area (Å²) in [7, 11) is 3.76. The van der Waals surface area contributed by atoms with Gasteiger partial charge in [0.05, 0.1) is 17.2 Å². The molecule has 0 radical (unpaired) electrons. The highest BCUT2D eigenvalue weighted by Crippen LogP contribution is 2.32. The van der Waals surface area contributed by atoms with Crippen molar-refractivity contribution in [3.05, 3.63) is 41.6 Å². The van der Waals surface area contributed by atoms with Gasteiger partial charge in [-0.3, -0.25) is 4.98 Å². The molecule has 1 heterocycles. The highest BCUT2D eigenvalue weighted by molar-refractivity contribution is 5.79. The molecule has 0 saturated heterocycles. The van der Waals surface area contributed by atoms with Crippen molar-refractivity contribution in [3.8, 4) is 0 Å². The molecule has 0 amide bonds. The van der Waals surface area contributed by atoms with E-state index in [1.807, 2.05) is 14.0 Å². The maximum atomic E-state index is 5.75. The molecule has 0 aliphatic heterocycles. The van der Waals surface area contributed by atoms with Crippen LogP contribution in [0.3, 0.4) is 0 Å². The fraction of sp³-hybridized carbons (Fsp3) is 0.471. The molecule has 0 aliphatic rings. The molecule has 0 aliphatic carbocycles. The summed E-state index contributed by atoms with van der Waals surface area (Å²) in [6.45, 7) is 6.31. The van der Waals surface area contributed by atoms with Crippen LogP contribution < -0.4 is 5.32 Å². The molecule has 0 saturated carbocycles. The normalized spacial score (nSPS) is 16.1. The molecule has 20 heavy (non-hydrogen) atoms. The van der Waals surface area contributed by atoms with E-state index < -0.39 is 0 Å². The number of methoxy groups -OCH3 is 1. The first-order chi connectivity index (χ1) is 9.54. The summed E-state index contributed by atoms with van der Waals surface area (Å²) < 4.78 is 5.75. The predicted molar refractivity (Wildman–Crippen MR) is 84.0 cm³/mol. The molecule has 3 heteroatoms. The number of hydrogen-bond acceptors (Lipinski definition) is 3. The van der Waals surface area contributed by atoms with E-state index in [2.05, 4.69) is 54.5 Å². The van der Waals surface area contributed by atoms with E-state index in [1.165, 1.54) is 10.9 Å². The van der Waals surface area contributed by atoms with Crippen LogP contribution in [0.5, 0.6) is 0 Å². The molecular formula is C17H24N2O. The summed E-state index contributed by atoms with van der Waals surface area (Å²) in [6, 6.07) is 10.8. The number of hydrogen-bond donors (Lipinski definition) is 1. The van der Waals surface area contributed by atoms with Gasteiger partial charge in [0.1, 0.15) is 0 Å². The lowest BCUT2D eigenvalue weighted by Crippen LogP contribution is -2.41. The molecular weight excluding hydrogens is 248 g/mol. The molecule has 0 fully saturated rings. The first kappa shape index (κ1) is 14.9. The Morgan fingerprint density at radius 1 is 1.30 bits per heavy atom. The highest BCUT2D eigenvalue weighted by atomic mass is 16.5. The predicted octanol–water partition coefficient (Wildman–Crippen LogP) is 3.62. The maximum Gasteiger partial charge on any atom is 0.0841 e. The Kier molecular flexibility index (Phi) is 4.41. The highest BCUT2D eigenvalue weighted by Gasteiger charge is 2.32. The van der Waals surface area contributed by atoms with Crippen molar-refractivity contribution in [2.45, 2.75) is 38.8 Å². The first-order valence-electron chi connectivity index (χ1n) is 7.13. The number of aromatic nitrogens is 1. The van der Waals surface area contributed by atoms with E-state index in [0.717, 1.165) is 17.6 Å². The quantitative estimate of drug-likeness (QED) is 0.902. The van der Waals surface area contributed by atoms with E-state index in [4.69, 9.17) is 4.74 Å². The number of fused-ring (bicyclic) bond motifs is 1. The fourth-order valence-corrected chi connectivity index (χ4v) is 2.72. The van der Waals surface area contributed by atoms with Crippen molar-refractivity contribution in [2.75, 3.05) is 14.2 Å². The zero-order valence-electron chi connectivity index (χ0n) is 13.0. The van der Waals surface area contributed by atoms with E-state index in [1.54, 1.807) is 7.11 Å². The van der Waals surface area contributed by atoms with Crippen LogP contribution in [0.2, 0.25) is 0 Å². The molecule has 2 unspecified atom stereocenters. The number of benzene rings is 1. The van der Waals surface area contributed by atoms with Crippen LogP contribution >= 0.6 is 0 Å². The summed E-state index contributed by atoms with van der Waals surface area (Å²) in [6.07, 6.45) is 0.944. The third-order valence-electron chi connectivity index (χ3n) is 4.25. The van der Waals surface area contributed by atoms with Crippen molar-refractivity contribution < 1.29 is 4.74 Å². The molecule has 1 N–H and O–H groups in total. The van der Waals surface area contributed by atoms with Crippen molar-refractivity contribution in [2.24, 2.45) is 0 Å². The Labute approximate surface area is 121 Å². The molecule has 2 aromatic rings. The third-order valence-corrected chi connectivity index (χ3v) is 4.25. The van der Waals surface area contributed by atoms with Gasteiger partial charge < -0.3 is 10.1 Å². The van der Waals surface area contributed by atoms with Gasteiger partial charge in [-0.25, -0.2) is 0 Å². The molecule has 2 rings (SSSR count). The van der Waals surface area contributed by atoms with Gasteiger partial charge in [-0.05, 0) is 51.1 Å². The second-order valence-corrected chi connectivity index (χ2v) is 5.50. The van der Waals surface area contributed by atoms with Gasteiger partial charge in [-0.15, -0.1) is 0 Å². The topological polar surface area (TPSA) is 34.1 Å². The Balaban J connectivity index is 2.47. The minimum atomic E-state index is -0.222. The van der Waals surface area contributed by atoms with Gasteiger partial charge in [-0.2, -0.15) is 0 Å². The summed E-state index contributed by atoms with van der Waals surface area (Å²) in [5, 5.41) is 4.56. The SMILES string of the molecule is CCC(C)(OC)C(NC)c1ccc2nc(C)ccc2c1. The summed E-state index contributed by atoms with van der Waals surface area (Å²) in [4.78, 5) is 4.55. The molecule has 1 aromatic carbocycles. The van der Waals surface area contributed by atoms with Gasteiger partial charge in [-0.1, -0.05) is 19.1 Å².